The number of hydrogen-bond donors (Lipinski definition) is 1. The maximum atomic E-state index is 12.4. The lowest BCUT2D eigenvalue weighted by atomic mass is 10.1. The standard InChI is InChI=1S/C19H11ClN2O4/c20-15-7-5-11(9-16(15)22(24)25)19(23)21-12-6-8-18-14(10-12)13-3-1-2-4-17(13)26-18/h1-10H,(H,21,23). The van der Waals surface area contributed by atoms with Crippen LogP contribution in [0, 0.1) is 10.1 Å². The topological polar surface area (TPSA) is 85.4 Å². The molecule has 0 bridgehead atoms. The zero-order chi connectivity index (χ0) is 18.3. The highest BCUT2D eigenvalue weighted by molar-refractivity contribution is 6.32. The van der Waals surface area contributed by atoms with Crippen molar-refractivity contribution in [2.24, 2.45) is 0 Å². The van der Waals surface area contributed by atoms with Gasteiger partial charge in [-0.3, -0.25) is 14.9 Å². The van der Waals surface area contributed by atoms with E-state index in [0.717, 1.165) is 22.4 Å². The molecule has 0 aliphatic heterocycles. The van der Waals surface area contributed by atoms with Gasteiger partial charge in [0.05, 0.1) is 4.92 Å². The number of hydrogen-bond acceptors (Lipinski definition) is 4. The fourth-order valence-electron chi connectivity index (χ4n) is 2.80. The number of rotatable bonds is 3. The summed E-state index contributed by atoms with van der Waals surface area (Å²) in [6.45, 7) is 0. The van der Waals surface area contributed by atoms with Gasteiger partial charge in [-0.25, -0.2) is 0 Å². The molecule has 0 aliphatic rings. The van der Waals surface area contributed by atoms with E-state index in [0.29, 0.717) is 11.3 Å². The van der Waals surface area contributed by atoms with Crippen molar-refractivity contribution in [2.75, 3.05) is 5.32 Å². The number of nitro groups is 1. The van der Waals surface area contributed by atoms with Crippen LogP contribution in [0.1, 0.15) is 10.4 Å². The van der Waals surface area contributed by atoms with E-state index in [-0.39, 0.29) is 16.3 Å². The van der Waals surface area contributed by atoms with Gasteiger partial charge in [-0.2, -0.15) is 0 Å². The van der Waals surface area contributed by atoms with E-state index in [1.165, 1.54) is 12.1 Å². The number of benzene rings is 3. The number of nitrogens with zero attached hydrogens (tertiary/aromatic N) is 1. The lowest BCUT2D eigenvalue weighted by Gasteiger charge is -2.06. The van der Waals surface area contributed by atoms with Crippen LogP contribution in [-0.4, -0.2) is 10.8 Å². The van der Waals surface area contributed by atoms with E-state index in [1.54, 1.807) is 12.1 Å². The Labute approximate surface area is 152 Å². The minimum absolute atomic E-state index is 0.0159. The minimum atomic E-state index is -0.622. The summed E-state index contributed by atoms with van der Waals surface area (Å²) in [6.07, 6.45) is 0. The average Bonchev–Trinajstić information content (AvgIpc) is 3.00. The number of halogens is 1. The maximum absolute atomic E-state index is 12.4. The highest BCUT2D eigenvalue weighted by atomic mass is 35.5. The van der Waals surface area contributed by atoms with Gasteiger partial charge in [0.25, 0.3) is 11.6 Å². The van der Waals surface area contributed by atoms with Gasteiger partial charge < -0.3 is 9.73 Å². The summed E-state index contributed by atoms with van der Waals surface area (Å²) in [4.78, 5) is 22.8. The molecule has 6 nitrogen and oxygen atoms in total. The molecule has 26 heavy (non-hydrogen) atoms. The highest BCUT2D eigenvalue weighted by Gasteiger charge is 2.17. The Morgan fingerprint density at radius 2 is 1.77 bits per heavy atom. The number of anilines is 1. The van der Waals surface area contributed by atoms with E-state index in [4.69, 9.17) is 16.0 Å². The molecular formula is C19H11ClN2O4. The molecule has 0 saturated heterocycles. The van der Waals surface area contributed by atoms with E-state index in [9.17, 15) is 14.9 Å². The Morgan fingerprint density at radius 1 is 1.00 bits per heavy atom. The monoisotopic (exact) mass is 366 g/mol. The van der Waals surface area contributed by atoms with E-state index in [2.05, 4.69) is 5.32 Å². The van der Waals surface area contributed by atoms with Crippen LogP contribution in [0.4, 0.5) is 11.4 Å². The summed E-state index contributed by atoms with van der Waals surface area (Å²) in [5, 5.41) is 15.5. The Balaban J connectivity index is 1.68. The normalized spacial score (nSPS) is 11.0. The predicted octanol–water partition coefficient (Wildman–Crippen LogP) is 5.40. The zero-order valence-electron chi connectivity index (χ0n) is 13.2. The zero-order valence-corrected chi connectivity index (χ0v) is 14.0. The number of carbonyl (C=O) groups is 1. The smallest absolute Gasteiger partial charge is 0.288 e. The number of para-hydroxylation sites is 1. The molecule has 0 saturated carbocycles. The first kappa shape index (κ1) is 16.1. The third-order valence-corrected chi connectivity index (χ3v) is 4.36. The van der Waals surface area contributed by atoms with Gasteiger partial charge in [0.1, 0.15) is 16.2 Å². The van der Waals surface area contributed by atoms with Gasteiger partial charge in [0.2, 0.25) is 0 Å². The van der Waals surface area contributed by atoms with Crippen molar-refractivity contribution in [1.82, 2.24) is 0 Å². The van der Waals surface area contributed by atoms with E-state index < -0.39 is 10.8 Å². The summed E-state index contributed by atoms with van der Waals surface area (Å²) in [5.74, 6) is -0.461. The molecule has 7 heteroatoms. The van der Waals surface area contributed by atoms with Crippen LogP contribution < -0.4 is 5.32 Å². The number of carbonyl (C=O) groups excluding carboxylic acids is 1. The number of amides is 1. The first-order chi connectivity index (χ1) is 12.5. The summed E-state index contributed by atoms with van der Waals surface area (Å²) in [6, 6.07) is 16.8. The molecule has 3 aromatic carbocycles. The molecule has 0 atom stereocenters. The van der Waals surface area contributed by atoms with Crippen LogP contribution in [0.25, 0.3) is 21.9 Å². The largest absolute Gasteiger partial charge is 0.456 e. The molecule has 1 heterocycles. The summed E-state index contributed by atoms with van der Waals surface area (Å²) in [5.41, 5.74) is 1.88. The predicted molar refractivity (Wildman–Crippen MR) is 99.8 cm³/mol. The molecular weight excluding hydrogens is 356 g/mol. The molecule has 0 spiro atoms. The second kappa shape index (κ2) is 6.16. The molecule has 0 aliphatic carbocycles. The van der Waals surface area contributed by atoms with Crippen molar-refractivity contribution < 1.29 is 14.1 Å². The Hall–Kier alpha value is -3.38. The van der Waals surface area contributed by atoms with Crippen LogP contribution in [0.5, 0.6) is 0 Å². The number of fused-ring (bicyclic) bond motifs is 3. The molecule has 0 unspecified atom stereocenters. The number of furan rings is 1. The van der Waals surface area contributed by atoms with Crippen LogP contribution in [0.15, 0.2) is 65.1 Å². The number of nitrogens with one attached hydrogen (secondary N) is 1. The van der Waals surface area contributed by atoms with Gasteiger partial charge in [0.15, 0.2) is 0 Å². The lowest BCUT2D eigenvalue weighted by Crippen LogP contribution is -2.12. The van der Waals surface area contributed by atoms with Crippen LogP contribution in [-0.2, 0) is 0 Å². The molecule has 0 radical (unpaired) electrons. The fourth-order valence-corrected chi connectivity index (χ4v) is 2.99. The van der Waals surface area contributed by atoms with Crippen molar-refractivity contribution in [3.05, 3.63) is 81.4 Å². The van der Waals surface area contributed by atoms with Crippen LogP contribution in [0.3, 0.4) is 0 Å². The van der Waals surface area contributed by atoms with Gasteiger partial charge in [-0.15, -0.1) is 0 Å². The van der Waals surface area contributed by atoms with Gasteiger partial charge in [-0.1, -0.05) is 29.8 Å². The summed E-state index contributed by atoms with van der Waals surface area (Å²) < 4.78 is 5.75. The average molecular weight is 367 g/mol. The quantitative estimate of drug-likeness (QED) is 0.388. The molecule has 4 rings (SSSR count). The van der Waals surface area contributed by atoms with E-state index in [1.807, 2.05) is 30.3 Å². The molecule has 1 N–H and O–H groups in total. The molecule has 128 valence electrons. The van der Waals surface area contributed by atoms with E-state index >= 15 is 0 Å². The Bertz CT molecular complexity index is 1180. The molecule has 0 fully saturated rings. The lowest BCUT2D eigenvalue weighted by molar-refractivity contribution is -0.384. The third kappa shape index (κ3) is 2.76. The minimum Gasteiger partial charge on any atom is -0.456 e. The number of nitro benzene ring substituents is 1. The highest BCUT2D eigenvalue weighted by Crippen LogP contribution is 2.31. The Morgan fingerprint density at radius 3 is 2.58 bits per heavy atom. The maximum Gasteiger partial charge on any atom is 0.288 e. The molecule has 4 aromatic rings. The van der Waals surface area contributed by atoms with Crippen molar-refractivity contribution in [3.8, 4) is 0 Å². The van der Waals surface area contributed by atoms with Crippen molar-refractivity contribution in [1.29, 1.82) is 0 Å². The molecule has 1 aromatic heterocycles. The second-order valence-electron chi connectivity index (χ2n) is 5.69. The van der Waals surface area contributed by atoms with Crippen LogP contribution >= 0.6 is 11.6 Å². The first-order valence-corrected chi connectivity index (χ1v) is 8.07. The first-order valence-electron chi connectivity index (χ1n) is 7.69. The van der Waals surface area contributed by atoms with Crippen molar-refractivity contribution >= 4 is 50.8 Å². The fraction of sp³-hybridized carbons (Fsp3) is 0. The SMILES string of the molecule is O=C(Nc1ccc2oc3ccccc3c2c1)c1ccc(Cl)c([N+](=O)[O-])c1. The summed E-state index contributed by atoms with van der Waals surface area (Å²) in [7, 11) is 0. The van der Waals surface area contributed by atoms with Crippen LogP contribution in [0.2, 0.25) is 5.02 Å². The second-order valence-corrected chi connectivity index (χ2v) is 6.09. The van der Waals surface area contributed by atoms with Gasteiger partial charge in [-0.05, 0) is 36.4 Å². The summed E-state index contributed by atoms with van der Waals surface area (Å²) >= 11 is 5.78. The van der Waals surface area contributed by atoms with Gasteiger partial charge in [0, 0.05) is 28.1 Å². The third-order valence-electron chi connectivity index (χ3n) is 4.04. The Kier molecular flexibility index (Phi) is 3.82. The van der Waals surface area contributed by atoms with Crippen molar-refractivity contribution in [3.63, 3.8) is 0 Å². The molecule has 1 amide bonds. The van der Waals surface area contributed by atoms with Gasteiger partial charge >= 0.3 is 0 Å². The van der Waals surface area contributed by atoms with Crippen molar-refractivity contribution in [2.45, 2.75) is 0 Å².